The van der Waals surface area contributed by atoms with E-state index in [4.69, 9.17) is 9.72 Å². The van der Waals surface area contributed by atoms with Gasteiger partial charge in [-0.05, 0) is 64.2 Å². The summed E-state index contributed by atoms with van der Waals surface area (Å²) in [7, 11) is 0. The molecule has 0 spiro atoms. The van der Waals surface area contributed by atoms with Crippen molar-refractivity contribution in [3.63, 3.8) is 0 Å². The van der Waals surface area contributed by atoms with Gasteiger partial charge in [-0.25, -0.2) is 4.98 Å². The quantitative estimate of drug-likeness (QED) is 0.123. The van der Waals surface area contributed by atoms with E-state index in [9.17, 15) is 0 Å². The van der Waals surface area contributed by atoms with Crippen LogP contribution in [0.3, 0.4) is 0 Å². The molecule has 0 saturated carbocycles. The summed E-state index contributed by atoms with van der Waals surface area (Å²) in [5, 5.41) is 4.60. The van der Waals surface area contributed by atoms with Crippen molar-refractivity contribution >= 4 is 54.6 Å². The number of pyridine rings is 1. The van der Waals surface area contributed by atoms with Gasteiger partial charge in [0.1, 0.15) is 5.82 Å². The van der Waals surface area contributed by atoms with E-state index in [1.807, 2.05) is 30.5 Å². The van der Waals surface area contributed by atoms with Gasteiger partial charge in [-0.15, -0.1) is 29.7 Å². The van der Waals surface area contributed by atoms with Crippen LogP contribution < -0.4 is 9.30 Å². The molecule has 8 aromatic carbocycles. The number of nitrogens with zero attached hydrogens (tertiary/aromatic N) is 5. The third-order valence-electron chi connectivity index (χ3n) is 12.9. The molecule has 0 amide bonds. The zero-order valence-corrected chi connectivity index (χ0v) is 37.1. The second-order valence-corrected chi connectivity index (χ2v) is 16.8. The maximum Gasteiger partial charge on any atom is 0.268 e. The predicted octanol–water partition coefficient (Wildman–Crippen LogP) is 13.0. The van der Waals surface area contributed by atoms with Gasteiger partial charge in [0.2, 0.25) is 0 Å². The molecule has 1 aliphatic rings. The first-order valence-electron chi connectivity index (χ1n) is 21.3. The van der Waals surface area contributed by atoms with Crippen molar-refractivity contribution in [3.8, 4) is 45.5 Å². The molecule has 4 heterocycles. The first kappa shape index (κ1) is 38.2. The summed E-state index contributed by atoms with van der Waals surface area (Å²) in [6.07, 6.45) is 5.68. The molecule has 13 rings (SSSR count). The maximum absolute atomic E-state index is 6.69. The second-order valence-electron chi connectivity index (χ2n) is 16.8. The fraction of sp³-hybridized carbons (Fsp3) is 0.0526. The number of hydrogen-bond donors (Lipinski definition) is 0. The van der Waals surface area contributed by atoms with Crippen LogP contribution in [0.5, 0.6) is 11.5 Å². The van der Waals surface area contributed by atoms with Crippen LogP contribution in [-0.4, -0.2) is 18.7 Å². The second kappa shape index (κ2) is 14.5. The van der Waals surface area contributed by atoms with Crippen LogP contribution in [0.1, 0.15) is 25.0 Å². The molecule has 0 unspecified atom stereocenters. The van der Waals surface area contributed by atoms with Gasteiger partial charge in [0.15, 0.2) is 0 Å². The molecule has 12 aromatic rings. The van der Waals surface area contributed by atoms with Crippen LogP contribution in [-0.2, 0) is 26.5 Å². The number of hydrogen-bond acceptors (Lipinski definition) is 2. The number of ether oxygens (including phenoxy) is 1. The Morgan fingerprint density at radius 3 is 2.06 bits per heavy atom. The van der Waals surface area contributed by atoms with Gasteiger partial charge in [-0.3, -0.25) is 4.57 Å². The fourth-order valence-electron chi connectivity index (χ4n) is 10.1. The van der Waals surface area contributed by atoms with Crippen molar-refractivity contribution in [1.82, 2.24) is 18.7 Å². The smallest absolute Gasteiger partial charge is 0.268 e. The molecule has 0 radical (unpaired) electrons. The molecule has 0 N–H and O–H groups in total. The number of para-hydroxylation sites is 6. The number of fused-ring (bicyclic) bond motifs is 10. The monoisotopic (exact) mass is 1000 g/mol. The summed E-state index contributed by atoms with van der Waals surface area (Å²) in [6, 6.07) is 71.0. The van der Waals surface area contributed by atoms with Crippen molar-refractivity contribution in [2.75, 3.05) is 0 Å². The number of rotatable bonds is 6. The van der Waals surface area contributed by atoms with Gasteiger partial charge < -0.3 is 18.4 Å². The average molecular weight is 1000 g/mol. The standard InChI is InChI=1S/C57H37N5O.Pt/c1-57(2)46-24-9-6-22-45(46)54-47(57)32-33-58-56(54)62-49-26-11-7-20-41(49)43-31-30-40(35-53(43)62)63-39-19-14-18-38(34-39)59-36-60(51-28-13-12-27-50(51)59)52-29-15-23-44-42-21-8-10-25-48(42)61(55(44)52)37-16-4-3-5-17-37;/h3-33H,1-2H3;/q-2;. The molecule has 1 aliphatic carbocycles. The molecule has 6 nitrogen and oxygen atoms in total. The zero-order valence-electron chi connectivity index (χ0n) is 34.9. The average Bonchev–Trinajstić information content (AvgIpc) is 4.05. The third kappa shape index (κ3) is 5.55. The SMILES string of the molecule is CC1(C)c2ccccc2-c2c1ccnc2-n1c2[c-]c(Oc3[c-]c(-n4[c-][n+](-c5cccc6c7ccccc7n(-c7ccccc7)c56)c5ccccc54)ccc3)ccc2c2ccccc21.[Pt]. The normalized spacial score (nSPS) is 12.8. The number of aromatic nitrogens is 5. The van der Waals surface area contributed by atoms with E-state index in [0.717, 1.165) is 72.3 Å². The largest absolute Gasteiger partial charge is 0.510 e. The minimum atomic E-state index is -0.154. The van der Waals surface area contributed by atoms with E-state index in [1.165, 1.54) is 27.5 Å². The van der Waals surface area contributed by atoms with Crippen LogP contribution in [0.4, 0.5) is 0 Å². The Kier molecular flexibility index (Phi) is 8.66. The fourth-order valence-corrected chi connectivity index (χ4v) is 10.1. The van der Waals surface area contributed by atoms with Gasteiger partial charge in [-0.2, -0.15) is 18.2 Å². The number of imidazole rings is 1. The summed E-state index contributed by atoms with van der Waals surface area (Å²) in [5.74, 6) is 2.05. The van der Waals surface area contributed by atoms with Crippen LogP contribution in [0.15, 0.2) is 188 Å². The molecule has 0 saturated heterocycles. The molecule has 7 heteroatoms. The van der Waals surface area contributed by atoms with Crippen LogP contribution in [0.25, 0.3) is 88.7 Å². The summed E-state index contributed by atoms with van der Waals surface area (Å²) >= 11 is 0. The minimum Gasteiger partial charge on any atom is -0.510 e. The minimum absolute atomic E-state index is 0. The van der Waals surface area contributed by atoms with E-state index >= 15 is 0 Å². The molecule has 0 bridgehead atoms. The van der Waals surface area contributed by atoms with Crippen molar-refractivity contribution in [3.05, 3.63) is 218 Å². The zero-order chi connectivity index (χ0) is 41.8. The van der Waals surface area contributed by atoms with Crippen molar-refractivity contribution < 1.29 is 30.4 Å². The molecule has 4 aromatic heterocycles. The third-order valence-corrected chi connectivity index (χ3v) is 12.9. The van der Waals surface area contributed by atoms with E-state index < -0.39 is 0 Å². The van der Waals surface area contributed by atoms with E-state index in [-0.39, 0.29) is 26.5 Å². The van der Waals surface area contributed by atoms with Gasteiger partial charge in [0.25, 0.3) is 6.33 Å². The Hall–Kier alpha value is -7.53. The Morgan fingerprint density at radius 1 is 0.547 bits per heavy atom. The van der Waals surface area contributed by atoms with Gasteiger partial charge in [0, 0.05) is 71.7 Å². The van der Waals surface area contributed by atoms with E-state index in [2.05, 4.69) is 208 Å². The van der Waals surface area contributed by atoms with Crippen molar-refractivity contribution in [2.45, 2.75) is 19.3 Å². The molecule has 0 fully saturated rings. The van der Waals surface area contributed by atoms with Crippen LogP contribution in [0, 0.1) is 18.5 Å². The van der Waals surface area contributed by atoms with Crippen molar-refractivity contribution in [2.24, 2.45) is 0 Å². The molecular weight excluding hydrogens is 966 g/mol. The van der Waals surface area contributed by atoms with E-state index in [1.54, 1.807) is 0 Å². The Labute approximate surface area is 384 Å². The first-order valence-corrected chi connectivity index (χ1v) is 21.3. The summed E-state index contributed by atoms with van der Waals surface area (Å²) < 4.78 is 15.6. The van der Waals surface area contributed by atoms with Crippen LogP contribution >= 0.6 is 0 Å². The first-order chi connectivity index (χ1) is 31.0. The molecule has 308 valence electrons. The Balaban J connectivity index is 0.00000433. The maximum atomic E-state index is 6.69. The van der Waals surface area contributed by atoms with E-state index in [0.29, 0.717) is 11.5 Å². The Morgan fingerprint density at radius 2 is 1.22 bits per heavy atom. The van der Waals surface area contributed by atoms with Crippen molar-refractivity contribution in [1.29, 1.82) is 0 Å². The predicted molar refractivity (Wildman–Crippen MR) is 252 cm³/mol. The summed E-state index contributed by atoms with van der Waals surface area (Å²) in [5.41, 5.74) is 14.0. The molecule has 0 atom stereocenters. The van der Waals surface area contributed by atoms with Gasteiger partial charge in [-0.1, -0.05) is 135 Å². The molecular formula is C57H37N5OPt-2. The van der Waals surface area contributed by atoms with Gasteiger partial charge in [0.05, 0.1) is 27.8 Å². The Bertz CT molecular complexity index is 3820. The summed E-state index contributed by atoms with van der Waals surface area (Å²) in [6.45, 7) is 4.60. The summed E-state index contributed by atoms with van der Waals surface area (Å²) in [4.78, 5) is 5.10. The van der Waals surface area contributed by atoms with Crippen LogP contribution in [0.2, 0.25) is 0 Å². The molecule has 64 heavy (non-hydrogen) atoms. The molecule has 0 aliphatic heterocycles. The number of benzene rings is 8. The topological polar surface area (TPSA) is 40.8 Å². The van der Waals surface area contributed by atoms with Gasteiger partial charge >= 0.3 is 0 Å².